The van der Waals surface area contributed by atoms with Crippen LogP contribution in [0.3, 0.4) is 0 Å². The third kappa shape index (κ3) is 2.22. The van der Waals surface area contributed by atoms with Crippen LogP contribution in [0, 0.1) is 0 Å². The molecule has 0 unspecified atom stereocenters. The van der Waals surface area contributed by atoms with Crippen molar-refractivity contribution >= 4 is 21.7 Å². The fourth-order valence-corrected chi connectivity index (χ4v) is 1.88. The molecule has 0 amide bonds. The van der Waals surface area contributed by atoms with Gasteiger partial charge in [-0.3, -0.25) is 4.98 Å². The van der Waals surface area contributed by atoms with E-state index < -0.39 is 0 Å². The zero-order valence-corrected chi connectivity index (χ0v) is 9.31. The third-order valence-electron chi connectivity index (χ3n) is 2.38. The maximum atomic E-state index is 9.36. The van der Waals surface area contributed by atoms with Crippen molar-refractivity contribution in [2.75, 3.05) is 18.0 Å². The van der Waals surface area contributed by atoms with Gasteiger partial charge in [0, 0.05) is 13.1 Å². The van der Waals surface area contributed by atoms with Crippen LogP contribution >= 0.6 is 15.9 Å². The number of nitrogens with zero attached hydrogens (tertiary/aromatic N) is 3. The first kappa shape index (κ1) is 9.86. The number of aliphatic hydroxyl groups excluding tert-OH is 1. The van der Waals surface area contributed by atoms with Crippen LogP contribution in [0.4, 0.5) is 5.82 Å². The normalized spacial score (nSPS) is 18.6. The van der Waals surface area contributed by atoms with Gasteiger partial charge in [-0.2, -0.15) is 0 Å². The molecule has 5 heteroatoms. The first-order valence-corrected chi connectivity index (χ1v) is 5.45. The molecular weight excluding hydrogens is 246 g/mol. The Balaban J connectivity index is 2.08. The molecule has 76 valence electrons. The molecule has 1 aromatic rings. The van der Waals surface area contributed by atoms with Gasteiger partial charge >= 0.3 is 0 Å². The summed E-state index contributed by atoms with van der Waals surface area (Å²) in [6.45, 7) is 1.71. The maximum absolute atomic E-state index is 9.36. The lowest BCUT2D eigenvalue weighted by atomic mass is 10.1. The molecule has 1 aromatic heterocycles. The van der Waals surface area contributed by atoms with Crippen LogP contribution in [-0.4, -0.2) is 34.3 Å². The standard InChI is InChI=1S/C9H12BrN3O/c10-8-5-11-6-9(12-8)13-3-1-7(14)2-4-13/h5-7,14H,1-4H2. The molecule has 1 saturated heterocycles. The molecule has 0 aromatic carbocycles. The summed E-state index contributed by atoms with van der Waals surface area (Å²) < 4.78 is 0.751. The van der Waals surface area contributed by atoms with Gasteiger partial charge in [0.25, 0.3) is 0 Å². The molecule has 0 spiro atoms. The van der Waals surface area contributed by atoms with Crippen LogP contribution in [0.5, 0.6) is 0 Å². The van der Waals surface area contributed by atoms with Crippen molar-refractivity contribution in [1.82, 2.24) is 9.97 Å². The fraction of sp³-hybridized carbons (Fsp3) is 0.556. The highest BCUT2D eigenvalue weighted by atomic mass is 79.9. The molecule has 14 heavy (non-hydrogen) atoms. The van der Waals surface area contributed by atoms with Crippen molar-refractivity contribution < 1.29 is 5.11 Å². The van der Waals surface area contributed by atoms with Crippen LogP contribution in [0.1, 0.15) is 12.8 Å². The van der Waals surface area contributed by atoms with Crippen molar-refractivity contribution in [3.63, 3.8) is 0 Å². The van der Waals surface area contributed by atoms with E-state index in [1.54, 1.807) is 12.4 Å². The lowest BCUT2D eigenvalue weighted by molar-refractivity contribution is 0.145. The van der Waals surface area contributed by atoms with E-state index in [2.05, 4.69) is 30.8 Å². The average molecular weight is 258 g/mol. The highest BCUT2D eigenvalue weighted by molar-refractivity contribution is 9.10. The van der Waals surface area contributed by atoms with E-state index in [1.807, 2.05) is 0 Å². The van der Waals surface area contributed by atoms with E-state index in [-0.39, 0.29) is 6.10 Å². The molecule has 0 saturated carbocycles. The Bertz CT molecular complexity index is 313. The lowest BCUT2D eigenvalue weighted by Gasteiger charge is -2.30. The topological polar surface area (TPSA) is 49.2 Å². The predicted molar refractivity (Wildman–Crippen MR) is 57.2 cm³/mol. The summed E-state index contributed by atoms with van der Waals surface area (Å²) in [5.74, 6) is 0.881. The molecule has 2 heterocycles. The van der Waals surface area contributed by atoms with Crippen molar-refractivity contribution in [3.8, 4) is 0 Å². The Labute approximate surface area is 91.1 Å². The minimum atomic E-state index is -0.147. The maximum Gasteiger partial charge on any atom is 0.148 e. The zero-order chi connectivity index (χ0) is 9.97. The van der Waals surface area contributed by atoms with Crippen LogP contribution in [0.2, 0.25) is 0 Å². The smallest absolute Gasteiger partial charge is 0.148 e. The number of aliphatic hydroxyl groups is 1. The van der Waals surface area contributed by atoms with Gasteiger partial charge in [0.1, 0.15) is 10.4 Å². The van der Waals surface area contributed by atoms with E-state index >= 15 is 0 Å². The van der Waals surface area contributed by atoms with Crippen molar-refractivity contribution in [3.05, 3.63) is 17.0 Å². The summed E-state index contributed by atoms with van der Waals surface area (Å²) in [5.41, 5.74) is 0. The van der Waals surface area contributed by atoms with E-state index in [9.17, 15) is 5.11 Å². The molecule has 0 bridgehead atoms. The first-order valence-electron chi connectivity index (χ1n) is 4.66. The van der Waals surface area contributed by atoms with Crippen LogP contribution < -0.4 is 4.90 Å². The quantitative estimate of drug-likeness (QED) is 0.822. The second-order valence-corrected chi connectivity index (χ2v) is 4.23. The molecule has 4 nitrogen and oxygen atoms in total. The van der Waals surface area contributed by atoms with Crippen LogP contribution in [-0.2, 0) is 0 Å². The van der Waals surface area contributed by atoms with Crippen LogP contribution in [0.15, 0.2) is 17.0 Å². The molecule has 0 radical (unpaired) electrons. The van der Waals surface area contributed by atoms with Gasteiger partial charge in [0.05, 0.1) is 18.5 Å². The molecular formula is C9H12BrN3O. The minimum absolute atomic E-state index is 0.147. The first-order chi connectivity index (χ1) is 6.75. The van der Waals surface area contributed by atoms with E-state index in [4.69, 9.17) is 0 Å². The summed E-state index contributed by atoms with van der Waals surface area (Å²) in [7, 11) is 0. The Morgan fingerprint density at radius 3 is 2.71 bits per heavy atom. The fourth-order valence-electron chi connectivity index (χ4n) is 1.58. The van der Waals surface area contributed by atoms with Gasteiger partial charge in [-0.25, -0.2) is 4.98 Å². The van der Waals surface area contributed by atoms with Gasteiger partial charge in [-0.1, -0.05) is 0 Å². The molecule has 0 aliphatic carbocycles. The molecule has 1 fully saturated rings. The number of halogens is 1. The van der Waals surface area contributed by atoms with Crippen molar-refractivity contribution in [2.24, 2.45) is 0 Å². The Kier molecular flexibility index (Phi) is 2.98. The lowest BCUT2D eigenvalue weighted by Crippen LogP contribution is -2.36. The number of hydrogen-bond acceptors (Lipinski definition) is 4. The number of piperidine rings is 1. The number of anilines is 1. The van der Waals surface area contributed by atoms with Gasteiger partial charge in [0.2, 0.25) is 0 Å². The number of rotatable bonds is 1. The van der Waals surface area contributed by atoms with Gasteiger partial charge in [-0.15, -0.1) is 0 Å². The van der Waals surface area contributed by atoms with E-state index in [1.165, 1.54) is 0 Å². The van der Waals surface area contributed by atoms with Gasteiger partial charge < -0.3 is 10.0 Å². The number of hydrogen-bond donors (Lipinski definition) is 1. The average Bonchev–Trinajstić information content (AvgIpc) is 2.19. The molecule has 1 N–H and O–H groups in total. The van der Waals surface area contributed by atoms with Gasteiger partial charge in [0.15, 0.2) is 0 Å². The Morgan fingerprint density at radius 2 is 2.07 bits per heavy atom. The van der Waals surface area contributed by atoms with E-state index in [0.29, 0.717) is 0 Å². The predicted octanol–water partition coefficient (Wildman–Crippen LogP) is 1.20. The highest BCUT2D eigenvalue weighted by Gasteiger charge is 2.18. The SMILES string of the molecule is OC1CCN(c2cncc(Br)n2)CC1. The minimum Gasteiger partial charge on any atom is -0.393 e. The van der Waals surface area contributed by atoms with Gasteiger partial charge in [-0.05, 0) is 28.8 Å². The molecule has 0 atom stereocenters. The largest absolute Gasteiger partial charge is 0.393 e. The van der Waals surface area contributed by atoms with Crippen molar-refractivity contribution in [2.45, 2.75) is 18.9 Å². The highest BCUT2D eigenvalue weighted by Crippen LogP contribution is 2.18. The Hall–Kier alpha value is -0.680. The second kappa shape index (κ2) is 4.23. The zero-order valence-electron chi connectivity index (χ0n) is 7.73. The van der Waals surface area contributed by atoms with Crippen LogP contribution in [0.25, 0.3) is 0 Å². The summed E-state index contributed by atoms with van der Waals surface area (Å²) in [5, 5.41) is 9.36. The Morgan fingerprint density at radius 1 is 1.36 bits per heavy atom. The summed E-state index contributed by atoms with van der Waals surface area (Å²) in [6, 6.07) is 0. The van der Waals surface area contributed by atoms with E-state index in [0.717, 1.165) is 36.4 Å². The second-order valence-electron chi connectivity index (χ2n) is 3.42. The summed E-state index contributed by atoms with van der Waals surface area (Å²) in [4.78, 5) is 10.5. The monoisotopic (exact) mass is 257 g/mol. The molecule has 2 rings (SSSR count). The summed E-state index contributed by atoms with van der Waals surface area (Å²) in [6.07, 6.45) is 4.90. The summed E-state index contributed by atoms with van der Waals surface area (Å²) >= 11 is 3.29. The molecule has 1 aliphatic rings. The number of aromatic nitrogens is 2. The molecule has 1 aliphatic heterocycles. The van der Waals surface area contributed by atoms with Crippen molar-refractivity contribution in [1.29, 1.82) is 0 Å². The third-order valence-corrected chi connectivity index (χ3v) is 2.76.